The number of esters is 1. The number of aromatic nitrogens is 4. The number of halogens is 3. The van der Waals surface area contributed by atoms with Crippen LogP contribution in [0.15, 0.2) is 20.9 Å². The van der Waals surface area contributed by atoms with Crippen LogP contribution in [0.2, 0.25) is 0 Å². The molecule has 0 aromatic carbocycles. The summed E-state index contributed by atoms with van der Waals surface area (Å²) in [5, 5.41) is 3.32. The number of rotatable bonds is 6. The molecule has 1 unspecified atom stereocenters. The topological polar surface area (TPSA) is 133 Å². The van der Waals surface area contributed by atoms with Crippen molar-refractivity contribution in [3.05, 3.63) is 32.1 Å². The summed E-state index contributed by atoms with van der Waals surface area (Å²) in [5.41, 5.74) is 0.106. The molecule has 1 N–H and O–H groups in total. The van der Waals surface area contributed by atoms with Crippen LogP contribution < -0.4 is 21.5 Å². The Hall–Kier alpha value is -3.66. The van der Waals surface area contributed by atoms with E-state index in [9.17, 15) is 32.3 Å². The number of hydrogen-bond donors (Lipinski definition) is 1. The molecule has 2 aromatic rings. The number of fused-ring (bicyclic) bond motifs is 1. The predicted octanol–water partition coefficient (Wildman–Crippen LogP) is 1.01. The molecule has 16 heteroatoms. The third-order valence-electron chi connectivity index (χ3n) is 8.79. The van der Waals surface area contributed by atoms with Crippen molar-refractivity contribution in [2.75, 3.05) is 50.8 Å². The zero-order valence-corrected chi connectivity index (χ0v) is 23.8. The van der Waals surface area contributed by atoms with E-state index >= 15 is 0 Å². The van der Waals surface area contributed by atoms with Crippen LogP contribution in [0.3, 0.4) is 0 Å². The van der Waals surface area contributed by atoms with Crippen LogP contribution in [0.5, 0.6) is 0 Å². The van der Waals surface area contributed by atoms with Crippen LogP contribution in [-0.2, 0) is 32.7 Å². The Bertz CT molecular complexity index is 1580. The van der Waals surface area contributed by atoms with E-state index in [2.05, 4.69) is 10.1 Å². The monoisotopic (exact) mass is 609 g/mol. The first-order valence-electron chi connectivity index (χ1n) is 14.6. The van der Waals surface area contributed by atoms with Gasteiger partial charge in [0.2, 0.25) is 5.95 Å². The van der Waals surface area contributed by atoms with Gasteiger partial charge in [-0.1, -0.05) is 19.3 Å². The molecule has 1 atom stereocenters. The fraction of sp³-hybridized carbons (Fsp3) is 0.667. The number of imidazole rings is 1. The second-order valence-electron chi connectivity index (χ2n) is 11.5. The summed E-state index contributed by atoms with van der Waals surface area (Å²) in [6.07, 6.45) is -2.10. The van der Waals surface area contributed by atoms with E-state index in [1.807, 2.05) is 4.90 Å². The highest BCUT2D eigenvalue weighted by molar-refractivity contribution is 5.84. The Labute approximate surface area is 243 Å². The molecule has 3 aliphatic heterocycles. The predicted molar refractivity (Wildman–Crippen MR) is 146 cm³/mol. The quantitative estimate of drug-likeness (QED) is 0.477. The lowest BCUT2D eigenvalue weighted by molar-refractivity contribution is -0.211. The molecule has 5 heterocycles. The van der Waals surface area contributed by atoms with E-state index in [1.165, 1.54) is 12.6 Å². The summed E-state index contributed by atoms with van der Waals surface area (Å²) in [6.45, 7) is 2.56. The highest BCUT2D eigenvalue weighted by Crippen LogP contribution is 2.34. The third-order valence-corrected chi connectivity index (χ3v) is 8.79. The molecule has 0 spiro atoms. The molecule has 4 aliphatic rings. The first-order chi connectivity index (χ1) is 20.6. The maximum absolute atomic E-state index is 14.3. The lowest BCUT2D eigenvalue weighted by Gasteiger charge is -2.30. The van der Waals surface area contributed by atoms with Crippen molar-refractivity contribution in [2.45, 2.75) is 57.5 Å². The lowest BCUT2D eigenvalue weighted by Crippen LogP contribution is -2.52. The molecule has 2 fully saturated rings. The molecule has 1 saturated carbocycles. The molecular weight excluding hydrogens is 575 g/mol. The molecule has 2 aromatic heterocycles. The van der Waals surface area contributed by atoms with Crippen molar-refractivity contribution < 1.29 is 32.2 Å². The molecular formula is C27H34F3N7O6. The zero-order chi connectivity index (χ0) is 30.5. The van der Waals surface area contributed by atoms with Gasteiger partial charge >= 0.3 is 17.8 Å². The molecule has 13 nitrogen and oxygen atoms in total. The summed E-state index contributed by atoms with van der Waals surface area (Å²) in [6, 6.07) is 0. The van der Waals surface area contributed by atoms with Gasteiger partial charge in [0.25, 0.3) is 17.7 Å². The Morgan fingerprint density at radius 1 is 1.09 bits per heavy atom. The number of carbonyl (C=O) groups excluding carboxylic acids is 2. The summed E-state index contributed by atoms with van der Waals surface area (Å²) < 4.78 is 53.0. The van der Waals surface area contributed by atoms with Crippen LogP contribution in [0.1, 0.15) is 44.8 Å². The molecule has 0 bridgehead atoms. The Morgan fingerprint density at radius 3 is 2.51 bits per heavy atom. The molecule has 0 radical (unpaired) electrons. The molecule has 1 amide bonds. The van der Waals surface area contributed by atoms with Gasteiger partial charge in [0.1, 0.15) is 0 Å². The number of morpholine rings is 1. The van der Waals surface area contributed by atoms with Crippen molar-refractivity contribution in [1.29, 1.82) is 0 Å². The van der Waals surface area contributed by atoms with Crippen molar-refractivity contribution in [3.8, 4) is 0 Å². The lowest BCUT2D eigenvalue weighted by atomic mass is 9.89. The number of alkyl halides is 3. The van der Waals surface area contributed by atoms with Gasteiger partial charge in [0.15, 0.2) is 11.2 Å². The number of carbonyl (C=O) groups is 2. The highest BCUT2D eigenvalue weighted by Gasteiger charge is 2.46. The molecule has 6 rings (SSSR count). The average Bonchev–Trinajstić information content (AvgIpc) is 3.71. The number of hydrogen-bond acceptors (Lipinski definition) is 9. The molecule has 43 heavy (non-hydrogen) atoms. The second-order valence-corrected chi connectivity index (χ2v) is 11.5. The van der Waals surface area contributed by atoms with Gasteiger partial charge < -0.3 is 29.2 Å². The summed E-state index contributed by atoms with van der Waals surface area (Å²) in [4.78, 5) is 61.3. The fourth-order valence-electron chi connectivity index (χ4n) is 6.54. The minimum atomic E-state index is -5.46. The summed E-state index contributed by atoms with van der Waals surface area (Å²) in [7, 11) is 1.33. The van der Waals surface area contributed by atoms with E-state index in [1.54, 1.807) is 4.57 Å². The minimum absolute atomic E-state index is 0.0135. The van der Waals surface area contributed by atoms with Gasteiger partial charge in [-0.15, -0.1) is 0 Å². The van der Waals surface area contributed by atoms with E-state index in [0.29, 0.717) is 30.1 Å². The van der Waals surface area contributed by atoms with Crippen LogP contribution >= 0.6 is 0 Å². The van der Waals surface area contributed by atoms with Crippen molar-refractivity contribution >= 4 is 29.0 Å². The molecule has 234 valence electrons. The molecule has 1 aliphatic carbocycles. The van der Waals surface area contributed by atoms with Crippen molar-refractivity contribution in [3.63, 3.8) is 0 Å². The van der Waals surface area contributed by atoms with Gasteiger partial charge in [-0.25, -0.2) is 14.2 Å². The van der Waals surface area contributed by atoms with Gasteiger partial charge in [0.05, 0.1) is 13.2 Å². The maximum Gasteiger partial charge on any atom is 0.491 e. The Kier molecular flexibility index (Phi) is 7.83. The molecule has 1 saturated heterocycles. The number of anilines is 1. The average molecular weight is 610 g/mol. The van der Waals surface area contributed by atoms with Crippen LogP contribution in [0, 0.1) is 5.92 Å². The fourth-order valence-corrected chi connectivity index (χ4v) is 6.54. The number of nitrogens with one attached hydrogen (secondary N) is 1. The number of amides is 1. The standard InChI is InChI=1S/C27H34F3N7O6/c1-33-20-19(36(15-16-5-3-2-4-6-16)25(32-20)35-8-7-17-13-31-14-18(17)35)21(38)37(26(33)41)23(43-24(40)27(28,29)30)22(39)34-9-11-42-12-10-34/h16,23,31H,2-15H2,1H3. The van der Waals surface area contributed by atoms with E-state index in [4.69, 9.17) is 9.72 Å². The number of nitrogens with zero attached hydrogens (tertiary/aromatic N) is 6. The van der Waals surface area contributed by atoms with E-state index in [0.717, 1.165) is 60.2 Å². The number of aryl methyl sites for hydroxylation is 1. The zero-order valence-electron chi connectivity index (χ0n) is 23.8. The SMILES string of the molecule is Cn1c(=O)n(C(OC(=O)C(F)(F)F)C(=O)N2CCOCC2)c(=O)c2c1nc(N1CCC3=C1CNC3)n2CC1CCCCC1. The Balaban J connectivity index is 1.53. The minimum Gasteiger partial charge on any atom is -0.424 e. The van der Waals surface area contributed by atoms with Crippen LogP contribution in [0.4, 0.5) is 19.1 Å². The maximum atomic E-state index is 14.3. The van der Waals surface area contributed by atoms with Gasteiger partial charge in [-0.3, -0.25) is 14.2 Å². The first kappa shape index (κ1) is 29.4. The van der Waals surface area contributed by atoms with Gasteiger partial charge in [0, 0.05) is 52.0 Å². The number of ether oxygens (including phenoxy) is 2. The normalized spacial score (nSPS) is 20.7. The first-order valence-corrected chi connectivity index (χ1v) is 14.6. The third kappa shape index (κ3) is 5.34. The summed E-state index contributed by atoms with van der Waals surface area (Å²) >= 11 is 0. The second kappa shape index (κ2) is 11.4. The van der Waals surface area contributed by atoms with E-state index in [-0.39, 0.29) is 43.4 Å². The van der Waals surface area contributed by atoms with Crippen LogP contribution in [0.25, 0.3) is 11.2 Å². The smallest absolute Gasteiger partial charge is 0.424 e. The highest BCUT2D eigenvalue weighted by atomic mass is 19.4. The van der Waals surface area contributed by atoms with Crippen molar-refractivity contribution in [2.24, 2.45) is 13.0 Å². The van der Waals surface area contributed by atoms with Gasteiger partial charge in [-0.05, 0) is 30.8 Å². The Morgan fingerprint density at radius 2 is 1.81 bits per heavy atom. The van der Waals surface area contributed by atoms with Crippen LogP contribution in [-0.4, -0.2) is 87.6 Å². The van der Waals surface area contributed by atoms with Gasteiger partial charge in [-0.2, -0.15) is 18.2 Å². The largest absolute Gasteiger partial charge is 0.491 e. The van der Waals surface area contributed by atoms with E-state index < -0.39 is 35.5 Å². The van der Waals surface area contributed by atoms with Crippen molar-refractivity contribution in [1.82, 2.24) is 28.9 Å². The summed E-state index contributed by atoms with van der Waals surface area (Å²) in [5.74, 6) is -3.14.